The molecule has 1 aromatic rings. The predicted molar refractivity (Wildman–Crippen MR) is 90.3 cm³/mol. The van der Waals surface area contributed by atoms with Crippen molar-refractivity contribution >= 4 is 23.4 Å². The van der Waals surface area contributed by atoms with Crippen LogP contribution < -0.4 is 5.32 Å². The maximum Gasteiger partial charge on any atom is 0.0655 e. The molecule has 2 aliphatic rings. The molecule has 0 spiro atoms. The van der Waals surface area contributed by atoms with Crippen LogP contribution in [0.1, 0.15) is 45.2 Å². The van der Waals surface area contributed by atoms with Crippen molar-refractivity contribution in [3.8, 4) is 0 Å². The summed E-state index contributed by atoms with van der Waals surface area (Å²) in [6, 6.07) is 7.23. The molecule has 1 aliphatic heterocycles. The largest absolute Gasteiger partial charge is 0.378 e. The highest BCUT2D eigenvalue weighted by molar-refractivity contribution is 7.99. The van der Waals surface area contributed by atoms with Gasteiger partial charge in [-0.15, -0.1) is 11.8 Å². The number of nitrogens with one attached hydrogen (secondary N) is 1. The van der Waals surface area contributed by atoms with E-state index in [-0.39, 0.29) is 5.41 Å². The summed E-state index contributed by atoms with van der Waals surface area (Å²) in [5.74, 6) is 1.17. The average molecular weight is 326 g/mol. The van der Waals surface area contributed by atoms with Gasteiger partial charge in [0.15, 0.2) is 0 Å². The summed E-state index contributed by atoms with van der Waals surface area (Å²) < 4.78 is 5.84. The van der Waals surface area contributed by atoms with Gasteiger partial charge >= 0.3 is 0 Å². The highest BCUT2D eigenvalue weighted by atomic mass is 35.5. The molecule has 0 bridgehead atoms. The molecular formula is C17H24ClNOS. The molecule has 2 nitrogen and oxygen atoms in total. The van der Waals surface area contributed by atoms with Gasteiger partial charge in [0, 0.05) is 34.0 Å². The first kappa shape index (κ1) is 15.7. The van der Waals surface area contributed by atoms with E-state index < -0.39 is 0 Å². The van der Waals surface area contributed by atoms with Gasteiger partial charge < -0.3 is 10.1 Å². The summed E-state index contributed by atoms with van der Waals surface area (Å²) in [4.78, 5) is 1.38. The summed E-state index contributed by atoms with van der Waals surface area (Å²) in [6.07, 6.45) is 2.67. The first-order chi connectivity index (χ1) is 10.0. The van der Waals surface area contributed by atoms with Crippen LogP contribution in [0.5, 0.6) is 0 Å². The zero-order chi connectivity index (χ0) is 15.0. The lowest BCUT2D eigenvalue weighted by Gasteiger charge is -2.53. The summed E-state index contributed by atoms with van der Waals surface area (Å²) in [7, 11) is 0. The Morgan fingerprint density at radius 2 is 2.24 bits per heavy atom. The van der Waals surface area contributed by atoms with Gasteiger partial charge in [-0.25, -0.2) is 0 Å². The van der Waals surface area contributed by atoms with Crippen LogP contribution in [0.4, 0.5) is 0 Å². The van der Waals surface area contributed by atoms with Gasteiger partial charge in [0.2, 0.25) is 0 Å². The van der Waals surface area contributed by atoms with Crippen molar-refractivity contribution in [3.05, 3.63) is 28.8 Å². The van der Waals surface area contributed by atoms with Crippen molar-refractivity contribution in [2.24, 2.45) is 5.41 Å². The fourth-order valence-electron chi connectivity index (χ4n) is 3.43. The molecule has 4 heteroatoms. The fourth-order valence-corrected chi connectivity index (χ4v) is 4.72. The molecule has 0 saturated heterocycles. The Morgan fingerprint density at radius 3 is 2.95 bits per heavy atom. The van der Waals surface area contributed by atoms with Gasteiger partial charge in [0.25, 0.3) is 0 Å². The van der Waals surface area contributed by atoms with Crippen molar-refractivity contribution in [2.45, 2.75) is 56.7 Å². The first-order valence-electron chi connectivity index (χ1n) is 7.82. The monoisotopic (exact) mass is 325 g/mol. The number of fused-ring (bicyclic) bond motifs is 1. The number of thioether (sulfide) groups is 1. The molecule has 3 rings (SSSR count). The summed E-state index contributed by atoms with van der Waals surface area (Å²) in [5.41, 5.74) is 1.58. The second-order valence-corrected chi connectivity index (χ2v) is 8.17. The summed E-state index contributed by atoms with van der Waals surface area (Å²) >= 11 is 8.13. The molecule has 3 atom stereocenters. The number of hydrogen-bond donors (Lipinski definition) is 1. The lowest BCUT2D eigenvalue weighted by atomic mass is 9.64. The lowest BCUT2D eigenvalue weighted by Crippen LogP contribution is -2.61. The van der Waals surface area contributed by atoms with E-state index in [2.05, 4.69) is 38.2 Å². The summed E-state index contributed by atoms with van der Waals surface area (Å²) in [6.45, 7) is 7.50. The Hall–Kier alpha value is -0.220. The maximum atomic E-state index is 6.19. The minimum absolute atomic E-state index is 0.208. The molecule has 0 aromatic heterocycles. The zero-order valence-corrected chi connectivity index (χ0v) is 14.6. The van der Waals surface area contributed by atoms with Gasteiger partial charge in [0.05, 0.1) is 6.10 Å². The normalized spacial score (nSPS) is 30.6. The molecule has 1 heterocycles. The molecule has 21 heavy (non-hydrogen) atoms. The third kappa shape index (κ3) is 2.98. The highest BCUT2D eigenvalue weighted by Crippen LogP contribution is 2.45. The highest BCUT2D eigenvalue weighted by Gasteiger charge is 2.49. The van der Waals surface area contributed by atoms with E-state index >= 15 is 0 Å². The lowest BCUT2D eigenvalue weighted by molar-refractivity contribution is -0.116. The molecule has 1 saturated carbocycles. The third-order valence-electron chi connectivity index (χ3n) is 4.96. The second-order valence-electron chi connectivity index (χ2n) is 6.59. The van der Waals surface area contributed by atoms with E-state index in [9.17, 15) is 0 Å². The quantitative estimate of drug-likeness (QED) is 0.869. The van der Waals surface area contributed by atoms with E-state index in [1.54, 1.807) is 0 Å². The maximum absolute atomic E-state index is 6.19. The Balaban J connectivity index is 1.72. The molecule has 0 radical (unpaired) electrons. The van der Waals surface area contributed by atoms with Crippen LogP contribution in [0.3, 0.4) is 0 Å². The van der Waals surface area contributed by atoms with E-state index in [1.807, 2.05) is 17.8 Å². The van der Waals surface area contributed by atoms with Crippen LogP contribution in [0, 0.1) is 5.41 Å². The molecule has 1 aliphatic carbocycles. The van der Waals surface area contributed by atoms with E-state index in [0.29, 0.717) is 18.2 Å². The Morgan fingerprint density at radius 1 is 1.43 bits per heavy atom. The van der Waals surface area contributed by atoms with Crippen molar-refractivity contribution in [3.63, 3.8) is 0 Å². The van der Waals surface area contributed by atoms with Crippen LogP contribution in [-0.4, -0.2) is 24.5 Å². The molecule has 1 N–H and O–H groups in total. The molecule has 3 unspecified atom stereocenters. The van der Waals surface area contributed by atoms with Gasteiger partial charge in [-0.1, -0.05) is 25.4 Å². The number of halogens is 1. The fraction of sp³-hybridized carbons (Fsp3) is 0.647. The topological polar surface area (TPSA) is 21.3 Å². The van der Waals surface area contributed by atoms with Crippen molar-refractivity contribution in [2.75, 3.05) is 12.4 Å². The van der Waals surface area contributed by atoms with Crippen LogP contribution in [0.15, 0.2) is 23.1 Å². The predicted octanol–water partition coefficient (Wildman–Crippen LogP) is 4.67. The zero-order valence-electron chi connectivity index (χ0n) is 13.0. The third-order valence-corrected chi connectivity index (χ3v) is 6.32. The SMILES string of the molecule is CCOC1CC(NC2CCSc3ccc(Cl)cc32)C1(C)C. The molecular weight excluding hydrogens is 302 g/mol. The van der Waals surface area contributed by atoms with Crippen molar-refractivity contribution < 1.29 is 4.74 Å². The smallest absolute Gasteiger partial charge is 0.0655 e. The van der Waals surface area contributed by atoms with Gasteiger partial charge in [-0.2, -0.15) is 0 Å². The number of rotatable bonds is 4. The number of benzene rings is 1. The van der Waals surface area contributed by atoms with Crippen LogP contribution in [0.25, 0.3) is 0 Å². The van der Waals surface area contributed by atoms with E-state index in [1.165, 1.54) is 22.6 Å². The van der Waals surface area contributed by atoms with Crippen molar-refractivity contribution in [1.82, 2.24) is 5.32 Å². The minimum Gasteiger partial charge on any atom is -0.378 e. The van der Waals surface area contributed by atoms with E-state index in [4.69, 9.17) is 16.3 Å². The van der Waals surface area contributed by atoms with Crippen LogP contribution in [0.2, 0.25) is 5.02 Å². The average Bonchev–Trinajstić information content (AvgIpc) is 2.46. The number of hydrogen-bond acceptors (Lipinski definition) is 3. The van der Waals surface area contributed by atoms with Crippen molar-refractivity contribution in [1.29, 1.82) is 0 Å². The molecule has 1 aromatic carbocycles. The van der Waals surface area contributed by atoms with Crippen LogP contribution >= 0.6 is 23.4 Å². The Bertz CT molecular complexity index is 520. The van der Waals surface area contributed by atoms with Gasteiger partial charge in [-0.05, 0) is 49.3 Å². The molecule has 0 amide bonds. The van der Waals surface area contributed by atoms with E-state index in [0.717, 1.165) is 18.1 Å². The first-order valence-corrected chi connectivity index (χ1v) is 9.18. The van der Waals surface area contributed by atoms with Crippen LogP contribution in [-0.2, 0) is 4.74 Å². The standard InChI is InChI=1S/C17H24ClNOS/c1-4-20-16-10-15(17(16,2)3)19-13-7-8-21-14-6-5-11(18)9-12(13)14/h5-6,9,13,15-16,19H,4,7-8,10H2,1-3H3. The number of ether oxygens (including phenoxy) is 1. The molecule has 116 valence electrons. The minimum atomic E-state index is 0.208. The second kappa shape index (κ2) is 6.11. The summed E-state index contributed by atoms with van der Waals surface area (Å²) in [5, 5.41) is 4.70. The van der Waals surface area contributed by atoms with Gasteiger partial charge in [-0.3, -0.25) is 0 Å². The van der Waals surface area contributed by atoms with Gasteiger partial charge in [0.1, 0.15) is 0 Å². The molecule has 1 fully saturated rings. The Labute approximate surface area is 137 Å². The Kier molecular flexibility index (Phi) is 4.56.